The number of nitrogens with one attached hydrogen (secondary N) is 1. The largest absolute Gasteiger partial charge is 0.444 e. The van der Waals surface area contributed by atoms with Crippen molar-refractivity contribution in [3.8, 4) is 51.5 Å². The van der Waals surface area contributed by atoms with Gasteiger partial charge in [0.05, 0.1) is 19.6 Å². The zero-order valence-electron chi connectivity index (χ0n) is 50.9. The Morgan fingerprint density at radius 3 is 1.28 bits per heavy atom. The predicted molar refractivity (Wildman–Crippen MR) is 326 cm³/mol. The second-order valence-corrected chi connectivity index (χ2v) is 23.4. The van der Waals surface area contributed by atoms with Crippen LogP contribution < -0.4 is 20.9 Å². The summed E-state index contributed by atoms with van der Waals surface area (Å²) in [5, 5.41) is 26.3. The molecule has 4 aromatic carbocycles. The molecule has 11 rings (SSSR count). The van der Waals surface area contributed by atoms with E-state index in [-0.39, 0.29) is 76.0 Å². The Morgan fingerprint density at radius 1 is 0.533 bits per heavy atom. The molecule has 3 aliphatic heterocycles. The fourth-order valence-corrected chi connectivity index (χ4v) is 9.37. The summed E-state index contributed by atoms with van der Waals surface area (Å²) in [4.78, 5) is 67.7. The van der Waals surface area contributed by atoms with Crippen molar-refractivity contribution in [3.05, 3.63) is 146 Å². The molecule has 3 fully saturated rings. The van der Waals surface area contributed by atoms with E-state index in [0.717, 1.165) is 32.1 Å². The highest BCUT2D eigenvalue weighted by Crippen LogP contribution is 2.35. The number of aromatic nitrogens is 4. The third-order valence-corrected chi connectivity index (χ3v) is 14.1. The van der Waals surface area contributed by atoms with Crippen LogP contribution in [0.2, 0.25) is 0 Å². The van der Waals surface area contributed by atoms with Crippen LogP contribution in [0.4, 0.5) is 46.0 Å². The Morgan fingerprint density at radius 2 is 0.889 bits per heavy atom. The van der Waals surface area contributed by atoms with Gasteiger partial charge in [-0.3, -0.25) is 24.2 Å². The summed E-state index contributed by atoms with van der Waals surface area (Å²) in [5.74, 6) is 0.756. The van der Waals surface area contributed by atoms with Gasteiger partial charge in [0.25, 0.3) is 17.7 Å². The second-order valence-electron chi connectivity index (χ2n) is 23.4. The van der Waals surface area contributed by atoms with E-state index < -0.39 is 58.1 Å². The van der Waals surface area contributed by atoms with Crippen molar-refractivity contribution in [3.63, 3.8) is 0 Å². The van der Waals surface area contributed by atoms with E-state index >= 15 is 8.78 Å². The molecular weight excluding hydrogens is 1170 g/mol. The van der Waals surface area contributed by atoms with Gasteiger partial charge >= 0.3 is 12.2 Å². The van der Waals surface area contributed by atoms with Crippen LogP contribution in [-0.4, -0.2) is 147 Å². The summed E-state index contributed by atoms with van der Waals surface area (Å²) in [7, 11) is 2.89. The number of carbonyl (C=O) groups excluding carboxylic acids is 5. The molecule has 0 radical (unpaired) electrons. The maximum Gasteiger partial charge on any atom is 0.410 e. The van der Waals surface area contributed by atoms with Gasteiger partial charge in [-0.15, -0.1) is 0 Å². The van der Waals surface area contributed by atoms with Gasteiger partial charge in [0.15, 0.2) is 52.5 Å². The summed E-state index contributed by atoms with van der Waals surface area (Å²) in [6.07, 6.45) is 0.386. The van der Waals surface area contributed by atoms with E-state index in [1.165, 1.54) is 34.9 Å². The number of halogens is 3. The minimum absolute atomic E-state index is 0.00682. The Kier molecular flexibility index (Phi) is 20.2. The average molecular weight is 1240 g/mol. The molecule has 3 atom stereocenters. The number of benzene rings is 4. The molecule has 472 valence electrons. The summed E-state index contributed by atoms with van der Waals surface area (Å²) in [6, 6.07) is 43.9. The van der Waals surface area contributed by atoms with E-state index in [4.69, 9.17) is 38.6 Å². The zero-order chi connectivity index (χ0) is 65.0. The number of carbonyl (C=O) groups is 5. The molecule has 5 amide bonds. The van der Waals surface area contributed by atoms with Gasteiger partial charge in [-0.25, -0.2) is 22.8 Å². The van der Waals surface area contributed by atoms with Crippen LogP contribution in [0.15, 0.2) is 164 Å². The molecule has 8 aromatic rings. The summed E-state index contributed by atoms with van der Waals surface area (Å²) in [6.45, 7) is 9.89. The number of nitrogens with two attached hydrogens (primary N) is 1. The van der Waals surface area contributed by atoms with Crippen LogP contribution in [0.1, 0.15) is 60.8 Å². The topological polar surface area (TPSA) is 286 Å². The molecule has 23 nitrogen and oxygen atoms in total. The molecule has 0 saturated carbocycles. The van der Waals surface area contributed by atoms with Crippen LogP contribution >= 0.6 is 0 Å². The van der Waals surface area contributed by atoms with Gasteiger partial charge in [0.2, 0.25) is 17.0 Å². The number of nitrogen functional groups attached to an aromatic ring is 1. The van der Waals surface area contributed by atoms with E-state index in [2.05, 4.69) is 25.9 Å². The zero-order valence-corrected chi connectivity index (χ0v) is 50.9. The van der Waals surface area contributed by atoms with E-state index in [1.807, 2.05) is 128 Å². The summed E-state index contributed by atoms with van der Waals surface area (Å²) < 4.78 is 76.3. The fraction of sp³-hybridized carbons (Fsp3) is 0.344. The van der Waals surface area contributed by atoms with Crippen molar-refractivity contribution in [2.75, 3.05) is 74.2 Å². The molecule has 26 heteroatoms. The van der Waals surface area contributed by atoms with Crippen molar-refractivity contribution < 1.29 is 64.7 Å². The number of nitrogens with zero attached hydrogens (tertiary/aromatic N) is 10. The fourth-order valence-electron chi connectivity index (χ4n) is 9.37. The van der Waals surface area contributed by atoms with Crippen LogP contribution in [-0.2, 0) is 23.9 Å². The summed E-state index contributed by atoms with van der Waals surface area (Å²) in [5.41, 5.74) is 0.959. The van der Waals surface area contributed by atoms with Crippen molar-refractivity contribution in [2.45, 2.75) is 89.0 Å². The van der Waals surface area contributed by atoms with Crippen LogP contribution in [0.3, 0.4) is 0 Å². The minimum Gasteiger partial charge on any atom is -0.444 e. The number of nitriles is 1. The SMILES string of the molecule is CC(C)(C)OC(=O)N1CCC(F)(C(=O)Nc2cc(-c3ccccc3)on2)C1.CN(C(=O)C1(F)CCN(C#N)C1)c1cc(-c2ccccc2)on1.CN(C(=O)C1(F)CCN(C(=O)OC(C)(C)C)C1)c1cc(-c2ccccc2)on1.Nc1cc(-c2ccccc2)on1. The summed E-state index contributed by atoms with van der Waals surface area (Å²) >= 11 is 0. The molecule has 90 heavy (non-hydrogen) atoms. The maximum absolute atomic E-state index is 15.3. The molecule has 4 aromatic heterocycles. The van der Waals surface area contributed by atoms with Gasteiger partial charge in [-0.1, -0.05) is 142 Å². The molecule has 0 bridgehead atoms. The van der Waals surface area contributed by atoms with Crippen molar-refractivity contribution in [1.29, 1.82) is 5.26 Å². The minimum atomic E-state index is -2.21. The smallest absolute Gasteiger partial charge is 0.410 e. The molecule has 3 unspecified atom stereocenters. The Bertz CT molecular complexity index is 3770. The van der Waals surface area contributed by atoms with Crippen LogP contribution in [0.25, 0.3) is 45.3 Å². The number of hydrogen-bond donors (Lipinski definition) is 2. The lowest BCUT2D eigenvalue weighted by Gasteiger charge is -2.26. The number of rotatable bonds is 10. The molecule has 0 spiro atoms. The first-order valence-corrected chi connectivity index (χ1v) is 28.5. The predicted octanol–water partition coefficient (Wildman–Crippen LogP) is 11.4. The van der Waals surface area contributed by atoms with Crippen molar-refractivity contribution in [2.24, 2.45) is 0 Å². The average Bonchev–Trinajstić information content (AvgIpc) is 2.50. The first-order valence-electron chi connectivity index (χ1n) is 28.5. The van der Waals surface area contributed by atoms with Gasteiger partial charge in [0.1, 0.15) is 11.2 Å². The standard InChI is InChI=1S/C20H24FN3O4.C19H22FN3O4.C16H15FN4O2.C9H8N2O/c1-19(2,3)27-18(26)24-11-10-20(21,13-24)17(25)23(4)16-12-15(28-22-16)14-8-6-5-7-9-14;1-18(2,3)26-17(25)23-10-9-19(20,12-23)16(24)21-15-11-14(27-22-15)13-7-5-4-6-8-13;1-20(15(22)16(17)7-8-21(10-16)11-18)14-9-13(23-19-14)12-5-3-2-4-6-12;10-9-6-8(12-11-9)7-4-2-1-3-5-7/h5-9,12H,10-11,13H2,1-4H3;4-8,11H,9-10,12H2,1-3H3,(H,21,22,24);2-6,9H,7-8,10H2,1H3;1-6H,(H2,10,11). The van der Waals surface area contributed by atoms with Gasteiger partial charge in [0, 0.05) is 99.5 Å². The third-order valence-electron chi connectivity index (χ3n) is 14.1. The molecule has 3 aliphatic rings. The van der Waals surface area contributed by atoms with Crippen molar-refractivity contribution in [1.82, 2.24) is 35.3 Å². The first kappa shape index (κ1) is 65.5. The lowest BCUT2D eigenvalue weighted by molar-refractivity contribution is -0.129. The highest BCUT2D eigenvalue weighted by atomic mass is 19.2. The maximum atomic E-state index is 15.3. The molecular formula is C64H69F3N12O11. The number of likely N-dealkylation sites (tertiary alicyclic amines) is 3. The molecule has 7 heterocycles. The van der Waals surface area contributed by atoms with E-state index in [0.29, 0.717) is 28.9 Å². The van der Waals surface area contributed by atoms with Crippen LogP contribution in [0.5, 0.6) is 0 Å². The van der Waals surface area contributed by atoms with Crippen molar-refractivity contribution >= 4 is 53.2 Å². The Labute approximate surface area is 517 Å². The second kappa shape index (κ2) is 27.7. The van der Waals surface area contributed by atoms with Crippen LogP contribution in [0, 0.1) is 11.5 Å². The number of alkyl halides is 3. The van der Waals surface area contributed by atoms with E-state index in [1.54, 1.807) is 59.7 Å². The molecule has 3 saturated heterocycles. The monoisotopic (exact) mass is 1240 g/mol. The highest BCUT2D eigenvalue weighted by molar-refractivity contribution is 6.00. The van der Waals surface area contributed by atoms with Gasteiger partial charge in [-0.05, 0) is 41.5 Å². The molecule has 0 aliphatic carbocycles. The highest BCUT2D eigenvalue weighted by Gasteiger charge is 2.51. The third kappa shape index (κ3) is 16.8. The normalized spacial score (nSPS) is 18.5. The number of anilines is 4. The Balaban J connectivity index is 0.000000160. The number of hydrogen-bond acceptors (Lipinski definition) is 18. The number of ether oxygens (including phenoxy) is 2. The Hall–Kier alpha value is -10.5. The lowest BCUT2D eigenvalue weighted by Crippen LogP contribution is -2.47. The molecule has 3 N–H and O–H groups in total. The lowest BCUT2D eigenvalue weighted by atomic mass is 10.0. The van der Waals surface area contributed by atoms with Gasteiger partial charge in [-0.2, -0.15) is 5.26 Å². The van der Waals surface area contributed by atoms with E-state index in [9.17, 15) is 28.4 Å². The quantitative estimate of drug-likeness (QED) is 0.120. The first-order chi connectivity index (χ1) is 42.6. The van der Waals surface area contributed by atoms with Gasteiger partial charge < -0.3 is 53.3 Å². The number of amides is 5.